The Kier molecular flexibility index (Phi) is 4.05. The quantitative estimate of drug-likeness (QED) is 0.915. The molecule has 0 spiro atoms. The fourth-order valence-electron chi connectivity index (χ4n) is 2.55. The molecule has 0 unspecified atom stereocenters. The Morgan fingerprint density at radius 3 is 2.32 bits per heavy atom. The van der Waals surface area contributed by atoms with Crippen LogP contribution in [-0.4, -0.2) is 9.78 Å². The first-order valence-corrected chi connectivity index (χ1v) is 6.84. The van der Waals surface area contributed by atoms with Gasteiger partial charge in [-0.25, -0.2) is 0 Å². The highest BCUT2D eigenvalue weighted by Gasteiger charge is 2.12. The van der Waals surface area contributed by atoms with Gasteiger partial charge in [0.25, 0.3) is 0 Å². The Morgan fingerprint density at radius 2 is 1.84 bits per heavy atom. The summed E-state index contributed by atoms with van der Waals surface area (Å²) in [5, 5.41) is 4.47. The van der Waals surface area contributed by atoms with Crippen molar-refractivity contribution in [1.82, 2.24) is 9.78 Å². The lowest BCUT2D eigenvalue weighted by Crippen LogP contribution is -1.99. The number of hydrogen-bond donors (Lipinski definition) is 1. The van der Waals surface area contributed by atoms with E-state index in [-0.39, 0.29) is 0 Å². The van der Waals surface area contributed by atoms with E-state index in [1.165, 1.54) is 16.7 Å². The van der Waals surface area contributed by atoms with Crippen LogP contribution >= 0.6 is 0 Å². The SMILES string of the molecule is Cc1c(CN)nn(C)c1-c1ccc(CC(C)C)cc1. The Morgan fingerprint density at radius 1 is 1.21 bits per heavy atom. The second kappa shape index (κ2) is 5.57. The number of nitrogens with zero attached hydrogens (tertiary/aromatic N) is 2. The van der Waals surface area contributed by atoms with Crippen molar-refractivity contribution in [3.63, 3.8) is 0 Å². The molecule has 3 nitrogen and oxygen atoms in total. The third kappa shape index (κ3) is 2.87. The van der Waals surface area contributed by atoms with Gasteiger partial charge in [-0.05, 0) is 30.4 Å². The maximum absolute atomic E-state index is 5.71. The number of nitrogens with two attached hydrogens (primary N) is 1. The third-order valence-electron chi connectivity index (χ3n) is 3.45. The topological polar surface area (TPSA) is 43.8 Å². The van der Waals surface area contributed by atoms with Crippen LogP contribution in [-0.2, 0) is 20.0 Å². The molecule has 0 aliphatic rings. The van der Waals surface area contributed by atoms with Crippen molar-refractivity contribution < 1.29 is 0 Å². The van der Waals surface area contributed by atoms with E-state index in [1.54, 1.807) is 0 Å². The summed E-state index contributed by atoms with van der Waals surface area (Å²) in [7, 11) is 1.98. The van der Waals surface area contributed by atoms with E-state index in [0.29, 0.717) is 12.5 Å². The fourth-order valence-corrected chi connectivity index (χ4v) is 2.55. The van der Waals surface area contributed by atoms with E-state index in [2.05, 4.69) is 50.1 Å². The molecule has 1 heterocycles. The van der Waals surface area contributed by atoms with Crippen molar-refractivity contribution in [1.29, 1.82) is 0 Å². The van der Waals surface area contributed by atoms with Gasteiger partial charge in [0.15, 0.2) is 0 Å². The molecule has 102 valence electrons. The van der Waals surface area contributed by atoms with Crippen LogP contribution in [0, 0.1) is 12.8 Å². The lowest BCUT2D eigenvalue weighted by Gasteiger charge is -2.08. The molecule has 0 saturated heterocycles. The highest BCUT2D eigenvalue weighted by Crippen LogP contribution is 2.25. The molecule has 0 amide bonds. The largest absolute Gasteiger partial charge is 0.325 e. The molecule has 0 atom stereocenters. The zero-order valence-electron chi connectivity index (χ0n) is 12.3. The van der Waals surface area contributed by atoms with Gasteiger partial charge < -0.3 is 5.73 Å². The summed E-state index contributed by atoms with van der Waals surface area (Å²) in [6, 6.07) is 8.79. The number of hydrogen-bond acceptors (Lipinski definition) is 2. The summed E-state index contributed by atoms with van der Waals surface area (Å²) >= 11 is 0. The summed E-state index contributed by atoms with van der Waals surface area (Å²) in [5.74, 6) is 0.688. The van der Waals surface area contributed by atoms with E-state index in [0.717, 1.165) is 17.8 Å². The third-order valence-corrected chi connectivity index (χ3v) is 3.45. The van der Waals surface area contributed by atoms with Gasteiger partial charge in [-0.3, -0.25) is 4.68 Å². The van der Waals surface area contributed by atoms with E-state index in [9.17, 15) is 0 Å². The predicted molar refractivity (Wildman–Crippen MR) is 79.8 cm³/mol. The molecule has 0 fully saturated rings. The Hall–Kier alpha value is -1.61. The van der Waals surface area contributed by atoms with Crippen molar-refractivity contribution >= 4 is 0 Å². The van der Waals surface area contributed by atoms with Crippen molar-refractivity contribution in [3.05, 3.63) is 41.1 Å². The molecule has 0 aliphatic heterocycles. The van der Waals surface area contributed by atoms with Crippen LogP contribution in [0.4, 0.5) is 0 Å². The standard InChI is InChI=1S/C16H23N3/c1-11(2)9-13-5-7-14(8-6-13)16-12(3)15(10-17)18-19(16)4/h5-8,11H,9-10,17H2,1-4H3. The average Bonchev–Trinajstić information content (AvgIpc) is 2.65. The van der Waals surface area contributed by atoms with Gasteiger partial charge >= 0.3 is 0 Å². The number of rotatable bonds is 4. The minimum Gasteiger partial charge on any atom is -0.325 e. The number of benzene rings is 1. The van der Waals surface area contributed by atoms with Gasteiger partial charge in [0.2, 0.25) is 0 Å². The highest BCUT2D eigenvalue weighted by molar-refractivity contribution is 5.64. The van der Waals surface area contributed by atoms with Crippen LogP contribution < -0.4 is 5.73 Å². The molecule has 0 bridgehead atoms. The minimum atomic E-state index is 0.491. The number of aromatic nitrogens is 2. The zero-order valence-corrected chi connectivity index (χ0v) is 12.3. The average molecular weight is 257 g/mol. The molecule has 2 N–H and O–H groups in total. The summed E-state index contributed by atoms with van der Waals surface area (Å²) in [6.07, 6.45) is 1.12. The molecule has 2 rings (SSSR count). The lowest BCUT2D eigenvalue weighted by atomic mass is 10.00. The van der Waals surface area contributed by atoms with Crippen LogP contribution in [0.1, 0.15) is 30.7 Å². The molecule has 0 radical (unpaired) electrons. The predicted octanol–water partition coefficient (Wildman–Crippen LogP) is 3.05. The van der Waals surface area contributed by atoms with Crippen molar-refractivity contribution in [3.8, 4) is 11.3 Å². The molecule has 3 heteroatoms. The van der Waals surface area contributed by atoms with E-state index in [1.807, 2.05) is 11.7 Å². The maximum atomic E-state index is 5.71. The van der Waals surface area contributed by atoms with Gasteiger partial charge in [0, 0.05) is 19.2 Å². The van der Waals surface area contributed by atoms with Crippen molar-refractivity contribution in [2.75, 3.05) is 0 Å². The molecule has 0 saturated carbocycles. The van der Waals surface area contributed by atoms with Gasteiger partial charge in [0.05, 0.1) is 11.4 Å². The molecule has 0 aliphatic carbocycles. The lowest BCUT2D eigenvalue weighted by molar-refractivity contribution is 0.647. The van der Waals surface area contributed by atoms with Crippen LogP contribution in [0.25, 0.3) is 11.3 Å². The number of aryl methyl sites for hydroxylation is 1. The smallest absolute Gasteiger partial charge is 0.0795 e. The summed E-state index contributed by atoms with van der Waals surface area (Å²) < 4.78 is 1.93. The fraction of sp³-hybridized carbons (Fsp3) is 0.438. The molecule has 1 aromatic heterocycles. The van der Waals surface area contributed by atoms with E-state index >= 15 is 0 Å². The summed E-state index contributed by atoms with van der Waals surface area (Å²) in [6.45, 7) is 7.07. The summed E-state index contributed by atoms with van der Waals surface area (Å²) in [5.41, 5.74) is 11.6. The van der Waals surface area contributed by atoms with Crippen LogP contribution in [0.3, 0.4) is 0 Å². The van der Waals surface area contributed by atoms with E-state index < -0.39 is 0 Å². The molecule has 2 aromatic rings. The van der Waals surface area contributed by atoms with Gasteiger partial charge in [-0.1, -0.05) is 38.1 Å². The molecular weight excluding hydrogens is 234 g/mol. The van der Waals surface area contributed by atoms with Gasteiger partial charge in [0.1, 0.15) is 0 Å². The first-order valence-electron chi connectivity index (χ1n) is 6.84. The van der Waals surface area contributed by atoms with Crippen LogP contribution in [0.5, 0.6) is 0 Å². The normalized spacial score (nSPS) is 11.3. The Bertz CT molecular complexity index is 550. The molecule has 19 heavy (non-hydrogen) atoms. The second-order valence-corrected chi connectivity index (χ2v) is 5.54. The Labute approximate surface area is 115 Å². The highest BCUT2D eigenvalue weighted by atomic mass is 15.3. The Balaban J connectivity index is 2.34. The summed E-state index contributed by atoms with van der Waals surface area (Å²) in [4.78, 5) is 0. The van der Waals surface area contributed by atoms with Crippen molar-refractivity contribution in [2.45, 2.75) is 33.7 Å². The first-order chi connectivity index (χ1) is 9.02. The second-order valence-electron chi connectivity index (χ2n) is 5.54. The monoisotopic (exact) mass is 257 g/mol. The van der Waals surface area contributed by atoms with Gasteiger partial charge in [-0.2, -0.15) is 5.10 Å². The zero-order chi connectivity index (χ0) is 14.0. The van der Waals surface area contributed by atoms with Crippen LogP contribution in [0.2, 0.25) is 0 Å². The molecule has 1 aromatic carbocycles. The van der Waals surface area contributed by atoms with Crippen LogP contribution in [0.15, 0.2) is 24.3 Å². The van der Waals surface area contributed by atoms with E-state index in [4.69, 9.17) is 5.73 Å². The maximum Gasteiger partial charge on any atom is 0.0795 e. The minimum absolute atomic E-state index is 0.491. The first kappa shape index (κ1) is 13.8. The molecular formula is C16H23N3. The van der Waals surface area contributed by atoms with Gasteiger partial charge in [-0.15, -0.1) is 0 Å². The van der Waals surface area contributed by atoms with Crippen molar-refractivity contribution in [2.24, 2.45) is 18.7 Å².